The predicted molar refractivity (Wildman–Crippen MR) is 98.0 cm³/mol. The number of nitrogens with zero attached hydrogens (tertiary/aromatic N) is 2. The molecular weight excluding hydrogens is 436 g/mol. The van der Waals surface area contributed by atoms with Crippen LogP contribution in [-0.2, 0) is 16.6 Å². The van der Waals surface area contributed by atoms with Crippen LogP contribution in [0, 0.1) is 0 Å². The first kappa shape index (κ1) is 18.2. The van der Waals surface area contributed by atoms with Crippen LogP contribution < -0.4 is 21.3 Å². The van der Waals surface area contributed by atoms with Crippen LogP contribution in [0.5, 0.6) is 5.88 Å². The smallest absolute Gasteiger partial charge is 0.330 e. The zero-order valence-electron chi connectivity index (χ0n) is 14.6. The average Bonchev–Trinajstić information content (AvgIpc) is 3.00. The van der Waals surface area contributed by atoms with Gasteiger partial charge in [0.25, 0.3) is 23.0 Å². The molecule has 0 saturated carbocycles. The van der Waals surface area contributed by atoms with Gasteiger partial charge in [0.15, 0.2) is 0 Å². The van der Waals surface area contributed by atoms with E-state index in [1.54, 1.807) is 24.3 Å². The third-order valence-electron chi connectivity index (χ3n) is 4.95. The number of ether oxygens (including phenoxy) is 1. The predicted octanol–water partition coefficient (Wildman–Crippen LogP) is -0.193. The molecule has 1 aromatic carbocycles. The van der Waals surface area contributed by atoms with Crippen LogP contribution in [0.3, 0.4) is 0 Å². The Morgan fingerprint density at radius 2 is 1.71 bits per heavy atom. The summed E-state index contributed by atoms with van der Waals surface area (Å²) in [6.07, 6.45) is 0. The fraction of sp³-hybridized carbons (Fsp3) is 0.235. The molecule has 1 fully saturated rings. The Hall–Kier alpha value is -3.21. The Kier molecular flexibility index (Phi) is 3.82. The van der Waals surface area contributed by atoms with Crippen molar-refractivity contribution in [3.8, 4) is 5.88 Å². The summed E-state index contributed by atoms with van der Waals surface area (Å²) >= 11 is 3.31. The van der Waals surface area contributed by atoms with Gasteiger partial charge in [0, 0.05) is 18.6 Å². The van der Waals surface area contributed by atoms with E-state index in [4.69, 9.17) is 4.74 Å². The molecule has 2 N–H and O–H groups in total. The standard InChI is InChI=1S/C17H13BrN4O6/c1-21-12(23)9-10(7-3-5-8(18)6-4-7)17(28-11(9)19-15(21)26)13(24)20-16(27)22(2)14(17)25/h3-6,10H,1-2H3,(H,19,26)(H,20,24,27). The maximum absolute atomic E-state index is 13.1. The van der Waals surface area contributed by atoms with Gasteiger partial charge in [-0.3, -0.25) is 34.2 Å². The molecule has 0 radical (unpaired) electrons. The van der Waals surface area contributed by atoms with Gasteiger partial charge in [-0.2, -0.15) is 0 Å². The van der Waals surface area contributed by atoms with Gasteiger partial charge in [-0.1, -0.05) is 28.1 Å². The SMILES string of the molecule is CN1C(=O)NC(=O)C2(Oc3[nH]c(=O)n(C)c(=O)c3C2c2ccc(Br)cc2)C1=O. The molecule has 28 heavy (non-hydrogen) atoms. The lowest BCUT2D eigenvalue weighted by atomic mass is 9.77. The van der Waals surface area contributed by atoms with E-state index in [0.717, 1.165) is 9.04 Å². The normalized spacial score (nSPS) is 23.6. The fourth-order valence-electron chi connectivity index (χ4n) is 3.49. The van der Waals surface area contributed by atoms with E-state index in [1.165, 1.54) is 14.1 Å². The van der Waals surface area contributed by atoms with E-state index in [2.05, 4.69) is 26.2 Å². The van der Waals surface area contributed by atoms with Gasteiger partial charge in [0.05, 0.1) is 11.5 Å². The second-order valence-electron chi connectivity index (χ2n) is 6.48. The van der Waals surface area contributed by atoms with Gasteiger partial charge in [-0.15, -0.1) is 0 Å². The second kappa shape index (κ2) is 5.89. The number of benzene rings is 1. The summed E-state index contributed by atoms with van der Waals surface area (Å²) in [7, 11) is 2.46. The molecule has 4 amide bonds. The number of H-pyrrole nitrogens is 1. The number of rotatable bonds is 1. The van der Waals surface area contributed by atoms with Gasteiger partial charge in [-0.05, 0) is 17.7 Å². The quantitative estimate of drug-likeness (QED) is 0.581. The van der Waals surface area contributed by atoms with Crippen molar-refractivity contribution in [3.63, 3.8) is 0 Å². The lowest BCUT2D eigenvalue weighted by Crippen LogP contribution is -2.70. The highest BCUT2D eigenvalue weighted by Crippen LogP contribution is 2.47. The number of aromatic nitrogens is 2. The van der Waals surface area contributed by atoms with Crippen molar-refractivity contribution in [2.24, 2.45) is 7.05 Å². The van der Waals surface area contributed by atoms with Crippen molar-refractivity contribution < 1.29 is 19.1 Å². The van der Waals surface area contributed by atoms with Crippen LogP contribution in [0.25, 0.3) is 0 Å². The van der Waals surface area contributed by atoms with E-state index < -0.39 is 40.6 Å². The number of barbiturate groups is 1. The molecule has 0 bridgehead atoms. The molecule has 1 aromatic heterocycles. The number of carbonyl (C=O) groups is 3. The molecule has 1 spiro atoms. The van der Waals surface area contributed by atoms with Crippen molar-refractivity contribution in [2.75, 3.05) is 7.05 Å². The van der Waals surface area contributed by atoms with E-state index in [1.807, 2.05) is 0 Å². The van der Waals surface area contributed by atoms with E-state index >= 15 is 0 Å². The lowest BCUT2D eigenvalue weighted by molar-refractivity contribution is -0.157. The molecule has 2 aromatic rings. The summed E-state index contributed by atoms with van der Waals surface area (Å²) in [6, 6.07) is 5.69. The second-order valence-corrected chi connectivity index (χ2v) is 7.40. The molecule has 1 saturated heterocycles. The Balaban J connectivity index is 2.06. The summed E-state index contributed by atoms with van der Waals surface area (Å²) in [4.78, 5) is 65.8. The van der Waals surface area contributed by atoms with Crippen molar-refractivity contribution in [2.45, 2.75) is 11.5 Å². The van der Waals surface area contributed by atoms with Crippen LogP contribution in [-0.4, -0.2) is 44.9 Å². The molecule has 3 heterocycles. The number of fused-ring (bicyclic) bond motifs is 1. The summed E-state index contributed by atoms with van der Waals surface area (Å²) in [5.41, 5.74) is -3.32. The summed E-state index contributed by atoms with van der Waals surface area (Å²) in [6.45, 7) is 0. The minimum atomic E-state index is -2.24. The van der Waals surface area contributed by atoms with Gasteiger partial charge >= 0.3 is 11.7 Å². The number of likely N-dealkylation sites (N-methyl/N-ethyl adjacent to an activating group) is 1. The third-order valence-corrected chi connectivity index (χ3v) is 5.48. The highest BCUT2D eigenvalue weighted by molar-refractivity contribution is 9.10. The van der Waals surface area contributed by atoms with E-state index in [0.29, 0.717) is 10.5 Å². The first-order chi connectivity index (χ1) is 13.2. The number of urea groups is 1. The zero-order chi connectivity index (χ0) is 20.4. The maximum atomic E-state index is 13.1. The topological polar surface area (TPSA) is 131 Å². The minimum absolute atomic E-state index is 0.0457. The summed E-state index contributed by atoms with van der Waals surface area (Å²) in [5.74, 6) is -3.39. The third kappa shape index (κ3) is 2.22. The Morgan fingerprint density at radius 1 is 1.07 bits per heavy atom. The molecule has 11 heteroatoms. The van der Waals surface area contributed by atoms with Gasteiger partial charge in [-0.25, -0.2) is 9.59 Å². The van der Waals surface area contributed by atoms with E-state index in [9.17, 15) is 24.0 Å². The van der Waals surface area contributed by atoms with Crippen molar-refractivity contribution in [1.29, 1.82) is 0 Å². The van der Waals surface area contributed by atoms with Crippen molar-refractivity contribution in [3.05, 3.63) is 60.7 Å². The first-order valence-electron chi connectivity index (χ1n) is 8.09. The number of hydrogen-bond acceptors (Lipinski definition) is 6. The lowest BCUT2D eigenvalue weighted by Gasteiger charge is -2.37. The first-order valence-corrected chi connectivity index (χ1v) is 8.89. The van der Waals surface area contributed by atoms with Crippen molar-refractivity contribution in [1.82, 2.24) is 19.8 Å². The summed E-state index contributed by atoms with van der Waals surface area (Å²) < 4.78 is 7.22. The monoisotopic (exact) mass is 448 g/mol. The highest BCUT2D eigenvalue weighted by atomic mass is 79.9. The van der Waals surface area contributed by atoms with Crippen LogP contribution in [0.2, 0.25) is 0 Å². The molecule has 2 aliphatic rings. The number of aromatic amines is 1. The van der Waals surface area contributed by atoms with Gasteiger partial charge in [0.1, 0.15) is 0 Å². The maximum Gasteiger partial charge on any atom is 0.330 e. The number of imide groups is 2. The Morgan fingerprint density at radius 3 is 2.36 bits per heavy atom. The number of nitrogens with one attached hydrogen (secondary N) is 2. The van der Waals surface area contributed by atoms with Crippen LogP contribution in [0.1, 0.15) is 17.0 Å². The highest BCUT2D eigenvalue weighted by Gasteiger charge is 2.66. The molecule has 2 unspecified atom stereocenters. The van der Waals surface area contributed by atoms with Crippen LogP contribution in [0.4, 0.5) is 4.79 Å². The van der Waals surface area contributed by atoms with Gasteiger partial charge in [0.2, 0.25) is 5.88 Å². The Labute approximate surface area is 165 Å². The van der Waals surface area contributed by atoms with E-state index in [-0.39, 0.29) is 11.4 Å². The van der Waals surface area contributed by atoms with Gasteiger partial charge < -0.3 is 4.74 Å². The minimum Gasteiger partial charge on any atom is -0.451 e. The van der Waals surface area contributed by atoms with Crippen molar-refractivity contribution >= 4 is 33.8 Å². The zero-order valence-corrected chi connectivity index (χ0v) is 16.2. The molecule has 10 nitrogen and oxygen atoms in total. The number of hydrogen-bond donors (Lipinski definition) is 2. The Bertz CT molecular complexity index is 1170. The molecule has 144 valence electrons. The molecule has 0 aliphatic carbocycles. The largest absolute Gasteiger partial charge is 0.451 e. The molecule has 4 rings (SSSR count). The molecule has 2 aliphatic heterocycles. The number of carbonyl (C=O) groups excluding carboxylic acids is 3. The number of halogens is 1. The summed E-state index contributed by atoms with van der Waals surface area (Å²) in [5, 5.41) is 2.08. The number of amides is 4. The fourth-order valence-corrected chi connectivity index (χ4v) is 3.75. The molecular formula is C17H13BrN4O6. The van der Waals surface area contributed by atoms with Crippen LogP contribution in [0.15, 0.2) is 38.3 Å². The molecule has 2 atom stereocenters. The average molecular weight is 449 g/mol. The van der Waals surface area contributed by atoms with Crippen LogP contribution >= 0.6 is 15.9 Å².